The normalized spacial score (nSPS) is 15.6. The van der Waals surface area contributed by atoms with E-state index >= 15 is 0 Å². The lowest BCUT2D eigenvalue weighted by Crippen LogP contribution is -2.66. The first kappa shape index (κ1) is 12.6. The zero-order valence-electron chi connectivity index (χ0n) is 11.7. The van der Waals surface area contributed by atoms with Crippen molar-refractivity contribution in [3.8, 4) is 0 Å². The maximum atomic E-state index is 6.52. The molecule has 0 unspecified atom stereocenters. The topological polar surface area (TPSA) is 9.23 Å². The third kappa shape index (κ3) is 1.88. The first-order chi connectivity index (χ1) is 10.4. The summed E-state index contributed by atoms with van der Waals surface area (Å²) in [7, 11) is -2.31. The standard InChI is InChI=1S/C19H16OSi/c1-3-10-17(11-4-1)21(18-12-5-2-6-13-18)19-14-8-7-9-16(19)15-20-21/h1-14H,15H2. The van der Waals surface area contributed by atoms with Crippen molar-refractivity contribution in [2.45, 2.75) is 6.61 Å². The Bertz CT molecular complexity index is 713. The van der Waals surface area contributed by atoms with Gasteiger partial charge in [0.2, 0.25) is 0 Å². The van der Waals surface area contributed by atoms with Gasteiger partial charge in [-0.15, -0.1) is 0 Å². The molecule has 1 nitrogen and oxygen atoms in total. The quantitative estimate of drug-likeness (QED) is 0.657. The molecule has 4 rings (SSSR count). The highest BCUT2D eigenvalue weighted by Gasteiger charge is 2.46. The van der Waals surface area contributed by atoms with Gasteiger partial charge < -0.3 is 4.43 Å². The van der Waals surface area contributed by atoms with Crippen molar-refractivity contribution in [2.75, 3.05) is 0 Å². The smallest absolute Gasteiger partial charge is 0.288 e. The van der Waals surface area contributed by atoms with E-state index < -0.39 is 8.32 Å². The Morgan fingerprint density at radius 1 is 0.619 bits per heavy atom. The van der Waals surface area contributed by atoms with Crippen molar-refractivity contribution in [3.05, 3.63) is 90.5 Å². The van der Waals surface area contributed by atoms with E-state index in [1.54, 1.807) is 0 Å². The Morgan fingerprint density at radius 3 is 1.76 bits per heavy atom. The molecule has 21 heavy (non-hydrogen) atoms. The van der Waals surface area contributed by atoms with Gasteiger partial charge in [0.05, 0.1) is 6.61 Å². The van der Waals surface area contributed by atoms with Crippen LogP contribution in [0.25, 0.3) is 0 Å². The third-order valence-corrected chi connectivity index (χ3v) is 8.32. The Balaban J connectivity index is 2.02. The molecule has 0 spiro atoms. The van der Waals surface area contributed by atoms with Gasteiger partial charge in [0.25, 0.3) is 8.32 Å². The van der Waals surface area contributed by atoms with Crippen molar-refractivity contribution < 1.29 is 4.43 Å². The van der Waals surface area contributed by atoms with E-state index in [1.165, 1.54) is 21.1 Å². The van der Waals surface area contributed by atoms with Gasteiger partial charge in [0, 0.05) is 0 Å². The second-order valence-electron chi connectivity index (χ2n) is 5.36. The summed E-state index contributed by atoms with van der Waals surface area (Å²) in [4.78, 5) is 0. The first-order valence-electron chi connectivity index (χ1n) is 7.25. The fourth-order valence-electron chi connectivity index (χ4n) is 3.24. The van der Waals surface area contributed by atoms with Crippen molar-refractivity contribution in [3.63, 3.8) is 0 Å². The van der Waals surface area contributed by atoms with Crippen LogP contribution in [0.1, 0.15) is 5.56 Å². The molecular weight excluding hydrogens is 272 g/mol. The van der Waals surface area contributed by atoms with E-state index in [2.05, 4.69) is 84.9 Å². The minimum atomic E-state index is -2.31. The van der Waals surface area contributed by atoms with Crippen LogP contribution in [0, 0.1) is 0 Å². The number of hydrogen-bond acceptors (Lipinski definition) is 1. The summed E-state index contributed by atoms with van der Waals surface area (Å²) in [6.45, 7) is 0.714. The molecule has 0 aliphatic carbocycles. The molecule has 0 saturated carbocycles. The predicted octanol–water partition coefficient (Wildman–Crippen LogP) is 2.18. The molecule has 2 heteroatoms. The van der Waals surface area contributed by atoms with E-state index in [-0.39, 0.29) is 0 Å². The van der Waals surface area contributed by atoms with E-state index in [9.17, 15) is 0 Å². The Kier molecular flexibility index (Phi) is 2.99. The average molecular weight is 288 g/mol. The third-order valence-electron chi connectivity index (χ3n) is 4.20. The van der Waals surface area contributed by atoms with E-state index in [4.69, 9.17) is 4.43 Å². The van der Waals surface area contributed by atoms with Crippen LogP contribution < -0.4 is 15.6 Å². The van der Waals surface area contributed by atoms with Crippen molar-refractivity contribution in [1.82, 2.24) is 0 Å². The molecule has 0 atom stereocenters. The number of hydrogen-bond donors (Lipinski definition) is 0. The van der Waals surface area contributed by atoms with Crippen LogP contribution in [-0.2, 0) is 11.0 Å². The molecule has 102 valence electrons. The van der Waals surface area contributed by atoms with Crippen molar-refractivity contribution >= 4 is 23.9 Å². The summed E-state index contributed by atoms with van der Waals surface area (Å²) < 4.78 is 6.52. The fourth-order valence-corrected chi connectivity index (χ4v) is 7.32. The summed E-state index contributed by atoms with van der Waals surface area (Å²) in [5.41, 5.74) is 1.33. The molecule has 0 radical (unpaired) electrons. The first-order valence-corrected chi connectivity index (χ1v) is 9.15. The second kappa shape index (κ2) is 4.99. The maximum absolute atomic E-state index is 6.52. The lowest BCUT2D eigenvalue weighted by atomic mass is 10.2. The number of benzene rings is 3. The van der Waals surface area contributed by atoms with Crippen molar-refractivity contribution in [2.24, 2.45) is 0 Å². The molecule has 0 amide bonds. The largest absolute Gasteiger partial charge is 0.400 e. The monoisotopic (exact) mass is 288 g/mol. The fraction of sp³-hybridized carbons (Fsp3) is 0.0526. The molecule has 3 aromatic rings. The summed E-state index contributed by atoms with van der Waals surface area (Å²) in [6, 6.07) is 30.1. The van der Waals surface area contributed by atoms with Crippen LogP contribution in [0.15, 0.2) is 84.9 Å². The highest BCUT2D eigenvalue weighted by molar-refractivity contribution is 7.07. The van der Waals surface area contributed by atoms with Gasteiger partial charge in [-0.05, 0) is 21.1 Å². The number of fused-ring (bicyclic) bond motifs is 1. The molecule has 0 aromatic heterocycles. The van der Waals surface area contributed by atoms with Gasteiger partial charge in [-0.3, -0.25) is 0 Å². The maximum Gasteiger partial charge on any atom is 0.288 e. The van der Waals surface area contributed by atoms with Gasteiger partial charge >= 0.3 is 0 Å². The van der Waals surface area contributed by atoms with Crippen LogP contribution in [0.2, 0.25) is 0 Å². The highest BCUT2D eigenvalue weighted by atomic mass is 28.4. The Morgan fingerprint density at radius 2 is 1.14 bits per heavy atom. The minimum Gasteiger partial charge on any atom is -0.400 e. The second-order valence-corrected chi connectivity index (χ2v) is 8.70. The lowest BCUT2D eigenvalue weighted by molar-refractivity contribution is 0.327. The summed E-state index contributed by atoms with van der Waals surface area (Å²) in [5, 5.41) is 4.03. The molecule has 0 fully saturated rings. The zero-order valence-corrected chi connectivity index (χ0v) is 12.7. The van der Waals surface area contributed by atoms with Gasteiger partial charge in [-0.1, -0.05) is 84.9 Å². The van der Waals surface area contributed by atoms with Gasteiger partial charge in [-0.2, -0.15) is 0 Å². The molecule has 1 aliphatic heterocycles. The van der Waals surface area contributed by atoms with Gasteiger partial charge in [-0.25, -0.2) is 0 Å². The van der Waals surface area contributed by atoms with Crippen LogP contribution >= 0.6 is 0 Å². The van der Waals surface area contributed by atoms with Gasteiger partial charge in [0.15, 0.2) is 0 Å². The minimum absolute atomic E-state index is 0.714. The van der Waals surface area contributed by atoms with Crippen LogP contribution in [-0.4, -0.2) is 8.32 Å². The zero-order chi connectivity index (χ0) is 14.1. The molecule has 1 heterocycles. The van der Waals surface area contributed by atoms with E-state index in [0.29, 0.717) is 6.61 Å². The molecule has 0 saturated heterocycles. The Hall–Kier alpha value is -2.16. The number of rotatable bonds is 2. The van der Waals surface area contributed by atoms with Crippen LogP contribution in [0.5, 0.6) is 0 Å². The molecule has 1 aliphatic rings. The summed E-state index contributed by atoms with van der Waals surface area (Å²) >= 11 is 0. The SMILES string of the molecule is c1ccc([Si]2(c3ccccc3)OCc3ccccc32)cc1. The van der Waals surface area contributed by atoms with Crippen LogP contribution in [0.3, 0.4) is 0 Å². The molecule has 0 bridgehead atoms. The van der Waals surface area contributed by atoms with Crippen molar-refractivity contribution in [1.29, 1.82) is 0 Å². The van der Waals surface area contributed by atoms with E-state index in [1.807, 2.05) is 0 Å². The predicted molar refractivity (Wildman–Crippen MR) is 88.8 cm³/mol. The summed E-state index contributed by atoms with van der Waals surface area (Å²) in [5.74, 6) is 0. The summed E-state index contributed by atoms with van der Waals surface area (Å²) in [6.07, 6.45) is 0. The van der Waals surface area contributed by atoms with Gasteiger partial charge in [0.1, 0.15) is 0 Å². The van der Waals surface area contributed by atoms with Crippen LogP contribution in [0.4, 0.5) is 0 Å². The average Bonchev–Trinajstić information content (AvgIpc) is 2.97. The molecule has 0 N–H and O–H groups in total. The Labute approximate surface area is 126 Å². The molecular formula is C19H16OSi. The highest BCUT2D eigenvalue weighted by Crippen LogP contribution is 2.20. The lowest BCUT2D eigenvalue weighted by Gasteiger charge is -2.27. The molecule has 3 aromatic carbocycles. The van der Waals surface area contributed by atoms with E-state index in [0.717, 1.165) is 0 Å².